The normalized spacial score (nSPS) is 16.6. The number of likely N-dealkylation sites (tertiary alicyclic amines) is 1. The Kier molecular flexibility index (Phi) is 19.5. The average molecular weight is 523 g/mol. The maximum atomic E-state index is 12.3. The molecule has 1 aliphatic rings. The number of amides is 2. The molecule has 1 rings (SSSR count). The highest BCUT2D eigenvalue weighted by molar-refractivity contribution is 5.94. The minimum absolute atomic E-state index is 0.0195. The molecule has 0 aromatic carbocycles. The monoisotopic (exact) mass is 522 g/mol. The van der Waals surface area contributed by atoms with E-state index in [0.29, 0.717) is 25.9 Å². The maximum Gasteiger partial charge on any atom is 0.330 e. The van der Waals surface area contributed by atoms with Crippen molar-refractivity contribution in [2.75, 3.05) is 20.2 Å². The molecule has 1 saturated heterocycles. The molecular formula is C32H46N2O4. The maximum absolute atomic E-state index is 12.3. The van der Waals surface area contributed by atoms with E-state index in [-0.39, 0.29) is 17.9 Å². The summed E-state index contributed by atoms with van der Waals surface area (Å²) in [7, 11) is 1.27. The van der Waals surface area contributed by atoms with Crippen LogP contribution >= 0.6 is 0 Å². The molecule has 6 heteroatoms. The molecule has 1 atom stereocenters. The molecule has 1 N–H and O–H groups in total. The van der Waals surface area contributed by atoms with Crippen LogP contribution in [0.1, 0.15) is 71.1 Å². The summed E-state index contributed by atoms with van der Waals surface area (Å²) in [6.45, 7) is 3.20. The minimum Gasteiger partial charge on any atom is -0.466 e. The summed E-state index contributed by atoms with van der Waals surface area (Å²) in [5.74, 6) is -0.809. The fraction of sp³-hybridized carbons (Fsp3) is 0.469. The standard InChI is InChI=1S/C32H46N2O4/c1-3-4-5-6-7-8-9-10-11-12-13-14-15-16-17-18-19-20-21-24-30(35)33-28-29-23-22-27-34(29)31(36)25-26-32(37)38-2/h4-5,7-8,10-11,13-14,16-17,19-20,25-26,29H,3,6,9,12,15,18,21-24,27-28H2,1-2H3,(H,33,35)/b5-4-,8-7-,11-10-,14-13-,17-16-,20-19-,26-25+. The number of carbonyl (C=O) groups is 3. The van der Waals surface area contributed by atoms with Gasteiger partial charge >= 0.3 is 5.97 Å². The summed E-state index contributed by atoms with van der Waals surface area (Å²) < 4.78 is 4.51. The number of rotatable bonds is 18. The molecule has 2 amide bonds. The number of methoxy groups -OCH3 is 1. The van der Waals surface area contributed by atoms with E-state index in [1.54, 1.807) is 4.90 Å². The molecule has 6 nitrogen and oxygen atoms in total. The topological polar surface area (TPSA) is 75.7 Å². The van der Waals surface area contributed by atoms with E-state index >= 15 is 0 Å². The molecule has 0 aromatic heterocycles. The Morgan fingerprint density at radius 1 is 0.789 bits per heavy atom. The van der Waals surface area contributed by atoms with Gasteiger partial charge in [0.25, 0.3) is 0 Å². The third-order valence-electron chi connectivity index (χ3n) is 5.89. The van der Waals surface area contributed by atoms with Crippen LogP contribution in [-0.4, -0.2) is 48.9 Å². The largest absolute Gasteiger partial charge is 0.466 e. The molecule has 0 radical (unpaired) electrons. The zero-order valence-electron chi connectivity index (χ0n) is 23.2. The van der Waals surface area contributed by atoms with Gasteiger partial charge in [-0.2, -0.15) is 0 Å². The van der Waals surface area contributed by atoms with Gasteiger partial charge in [0, 0.05) is 37.7 Å². The van der Waals surface area contributed by atoms with Crippen molar-refractivity contribution in [3.8, 4) is 0 Å². The van der Waals surface area contributed by atoms with Crippen molar-refractivity contribution in [3.05, 3.63) is 85.1 Å². The van der Waals surface area contributed by atoms with Crippen LogP contribution in [0.25, 0.3) is 0 Å². The lowest BCUT2D eigenvalue weighted by Gasteiger charge is -2.23. The zero-order chi connectivity index (χ0) is 27.7. The Morgan fingerprint density at radius 2 is 1.32 bits per heavy atom. The van der Waals surface area contributed by atoms with Crippen LogP contribution in [0.5, 0.6) is 0 Å². The average Bonchev–Trinajstić information content (AvgIpc) is 3.40. The predicted molar refractivity (Wildman–Crippen MR) is 156 cm³/mol. The molecule has 0 aromatic rings. The van der Waals surface area contributed by atoms with Crippen molar-refractivity contribution >= 4 is 17.8 Å². The van der Waals surface area contributed by atoms with Crippen LogP contribution in [0.15, 0.2) is 85.1 Å². The first kappa shape index (κ1) is 32.6. The molecule has 0 spiro atoms. The summed E-state index contributed by atoms with van der Waals surface area (Å²) >= 11 is 0. The Morgan fingerprint density at radius 3 is 1.84 bits per heavy atom. The molecule has 0 aliphatic carbocycles. The first-order valence-corrected chi connectivity index (χ1v) is 13.8. The molecule has 0 saturated carbocycles. The van der Waals surface area contributed by atoms with E-state index in [0.717, 1.165) is 57.4 Å². The van der Waals surface area contributed by atoms with Crippen LogP contribution in [0.4, 0.5) is 0 Å². The number of hydrogen-bond acceptors (Lipinski definition) is 4. The second kappa shape index (κ2) is 22.8. The van der Waals surface area contributed by atoms with Crippen molar-refractivity contribution in [2.45, 2.75) is 77.2 Å². The van der Waals surface area contributed by atoms with Gasteiger partial charge in [0.05, 0.1) is 7.11 Å². The Bertz CT molecular complexity index is 893. The summed E-state index contributed by atoms with van der Waals surface area (Å²) in [6, 6.07) is -0.0420. The third kappa shape index (κ3) is 17.1. The van der Waals surface area contributed by atoms with Gasteiger partial charge in [-0.05, 0) is 57.8 Å². The van der Waals surface area contributed by atoms with Gasteiger partial charge in [-0.15, -0.1) is 0 Å². The molecule has 1 heterocycles. The lowest BCUT2D eigenvalue weighted by molar-refractivity contribution is -0.135. The van der Waals surface area contributed by atoms with Gasteiger partial charge in [-0.3, -0.25) is 9.59 Å². The minimum atomic E-state index is -0.559. The SMILES string of the molecule is CC/C=C\C/C=C\C/C=C\C/C=C\C/C=C\C/C=C\CCC(=O)NCC1CCCN1C(=O)/C=C/C(=O)OC. The lowest BCUT2D eigenvalue weighted by atomic mass is 10.2. The number of esters is 1. The van der Waals surface area contributed by atoms with Crippen LogP contribution in [0, 0.1) is 0 Å². The van der Waals surface area contributed by atoms with Gasteiger partial charge in [0.2, 0.25) is 11.8 Å². The van der Waals surface area contributed by atoms with Crippen molar-refractivity contribution in [1.82, 2.24) is 10.2 Å². The second-order valence-corrected chi connectivity index (χ2v) is 8.94. The van der Waals surface area contributed by atoms with Crippen molar-refractivity contribution in [2.24, 2.45) is 0 Å². The Hall–Kier alpha value is -3.41. The smallest absolute Gasteiger partial charge is 0.330 e. The molecular weight excluding hydrogens is 476 g/mol. The zero-order valence-corrected chi connectivity index (χ0v) is 23.2. The number of nitrogens with zero attached hydrogens (tertiary/aromatic N) is 1. The molecule has 38 heavy (non-hydrogen) atoms. The second-order valence-electron chi connectivity index (χ2n) is 8.94. The van der Waals surface area contributed by atoms with Crippen LogP contribution in [0.3, 0.4) is 0 Å². The van der Waals surface area contributed by atoms with Crippen LogP contribution < -0.4 is 5.32 Å². The highest BCUT2D eigenvalue weighted by Gasteiger charge is 2.27. The predicted octanol–water partition coefficient (Wildman–Crippen LogP) is 6.30. The summed E-state index contributed by atoms with van der Waals surface area (Å²) in [5, 5.41) is 2.93. The van der Waals surface area contributed by atoms with E-state index in [1.165, 1.54) is 13.2 Å². The fourth-order valence-electron chi connectivity index (χ4n) is 3.82. The van der Waals surface area contributed by atoms with Crippen LogP contribution in [0.2, 0.25) is 0 Å². The van der Waals surface area contributed by atoms with E-state index in [2.05, 4.69) is 83.8 Å². The Labute approximate surface area is 229 Å². The van der Waals surface area contributed by atoms with Gasteiger partial charge < -0.3 is 15.0 Å². The van der Waals surface area contributed by atoms with E-state index < -0.39 is 5.97 Å². The lowest BCUT2D eigenvalue weighted by Crippen LogP contribution is -2.42. The first-order chi connectivity index (χ1) is 18.6. The quantitative estimate of drug-likeness (QED) is 0.130. The van der Waals surface area contributed by atoms with Gasteiger partial charge in [-0.1, -0.05) is 79.8 Å². The number of nitrogens with one attached hydrogen (secondary N) is 1. The number of carbonyl (C=O) groups excluding carboxylic acids is 3. The molecule has 1 fully saturated rings. The first-order valence-electron chi connectivity index (χ1n) is 13.8. The number of hydrogen-bond donors (Lipinski definition) is 1. The Balaban J connectivity index is 2.10. The summed E-state index contributed by atoms with van der Waals surface area (Å²) in [6.07, 6.45) is 37.0. The van der Waals surface area contributed by atoms with Gasteiger partial charge in [0.1, 0.15) is 0 Å². The third-order valence-corrected chi connectivity index (χ3v) is 5.89. The van der Waals surface area contributed by atoms with E-state index in [1.807, 2.05) is 6.08 Å². The molecule has 0 bridgehead atoms. The fourth-order valence-corrected chi connectivity index (χ4v) is 3.82. The molecule has 208 valence electrons. The summed E-state index contributed by atoms with van der Waals surface area (Å²) in [4.78, 5) is 37.3. The van der Waals surface area contributed by atoms with Gasteiger partial charge in [-0.25, -0.2) is 4.79 Å². The highest BCUT2D eigenvalue weighted by Crippen LogP contribution is 2.17. The summed E-state index contributed by atoms with van der Waals surface area (Å²) in [5.41, 5.74) is 0. The molecule has 1 aliphatic heterocycles. The van der Waals surface area contributed by atoms with E-state index in [9.17, 15) is 14.4 Å². The number of allylic oxidation sites excluding steroid dienone is 12. The highest BCUT2D eigenvalue weighted by atomic mass is 16.5. The van der Waals surface area contributed by atoms with E-state index in [4.69, 9.17) is 0 Å². The van der Waals surface area contributed by atoms with Gasteiger partial charge in [0.15, 0.2) is 0 Å². The van der Waals surface area contributed by atoms with Crippen molar-refractivity contribution < 1.29 is 19.1 Å². The van der Waals surface area contributed by atoms with Crippen LogP contribution in [-0.2, 0) is 19.1 Å². The number of ether oxygens (including phenoxy) is 1. The molecule has 1 unspecified atom stereocenters. The van der Waals surface area contributed by atoms with Crippen molar-refractivity contribution in [3.63, 3.8) is 0 Å². The van der Waals surface area contributed by atoms with Crippen molar-refractivity contribution in [1.29, 1.82) is 0 Å².